The van der Waals surface area contributed by atoms with Crippen molar-refractivity contribution in [2.45, 2.75) is 13.8 Å². The molecule has 1 amide bonds. The standard InChI is InChI=1S/C16H15BrN2O2/c1-10-3-6-13(17)9-15(10)16(20)18-14-7-4-12(5-8-14)11(2)19-21/h3-9,21H,1-2H3,(H,18,20). The van der Waals surface area contributed by atoms with Crippen LogP contribution in [0.1, 0.15) is 28.4 Å². The first-order valence-corrected chi connectivity index (χ1v) is 7.17. The molecule has 0 saturated heterocycles. The Morgan fingerprint density at radius 1 is 1.19 bits per heavy atom. The summed E-state index contributed by atoms with van der Waals surface area (Å²) in [4.78, 5) is 12.3. The van der Waals surface area contributed by atoms with Gasteiger partial charge >= 0.3 is 0 Å². The van der Waals surface area contributed by atoms with E-state index >= 15 is 0 Å². The van der Waals surface area contributed by atoms with Gasteiger partial charge in [0.05, 0.1) is 5.71 Å². The lowest BCUT2D eigenvalue weighted by atomic mass is 10.1. The number of hydrogen-bond acceptors (Lipinski definition) is 3. The maximum atomic E-state index is 12.3. The summed E-state index contributed by atoms with van der Waals surface area (Å²) >= 11 is 3.37. The fourth-order valence-corrected chi connectivity index (χ4v) is 2.25. The number of carbonyl (C=O) groups is 1. The van der Waals surface area contributed by atoms with Crippen LogP contribution in [0.25, 0.3) is 0 Å². The van der Waals surface area contributed by atoms with Gasteiger partial charge in [0, 0.05) is 15.7 Å². The molecule has 0 aliphatic heterocycles. The highest BCUT2D eigenvalue weighted by molar-refractivity contribution is 9.10. The topological polar surface area (TPSA) is 61.7 Å². The first-order valence-electron chi connectivity index (χ1n) is 6.38. The molecule has 0 bridgehead atoms. The lowest BCUT2D eigenvalue weighted by Gasteiger charge is -2.09. The maximum Gasteiger partial charge on any atom is 0.255 e. The van der Waals surface area contributed by atoms with Crippen molar-refractivity contribution in [3.63, 3.8) is 0 Å². The minimum absolute atomic E-state index is 0.158. The molecule has 0 fully saturated rings. The number of anilines is 1. The van der Waals surface area contributed by atoms with Crippen molar-refractivity contribution in [1.82, 2.24) is 0 Å². The zero-order valence-electron chi connectivity index (χ0n) is 11.7. The van der Waals surface area contributed by atoms with Gasteiger partial charge < -0.3 is 10.5 Å². The normalized spacial score (nSPS) is 11.3. The highest BCUT2D eigenvalue weighted by Crippen LogP contribution is 2.18. The molecule has 2 rings (SSSR count). The largest absolute Gasteiger partial charge is 0.411 e. The lowest BCUT2D eigenvalue weighted by Crippen LogP contribution is -2.13. The van der Waals surface area contributed by atoms with E-state index in [4.69, 9.17) is 5.21 Å². The zero-order valence-corrected chi connectivity index (χ0v) is 13.3. The summed E-state index contributed by atoms with van der Waals surface area (Å²) in [6, 6.07) is 12.7. The molecular weight excluding hydrogens is 332 g/mol. The van der Waals surface area contributed by atoms with E-state index in [0.29, 0.717) is 17.0 Å². The molecule has 0 aliphatic rings. The Kier molecular flexibility index (Phi) is 4.75. The number of nitrogens with zero attached hydrogens (tertiary/aromatic N) is 1. The smallest absolute Gasteiger partial charge is 0.255 e. The van der Waals surface area contributed by atoms with Gasteiger partial charge in [0.25, 0.3) is 5.91 Å². The first kappa shape index (κ1) is 15.3. The molecule has 2 N–H and O–H groups in total. The number of benzene rings is 2. The van der Waals surface area contributed by atoms with Crippen LogP contribution in [0.15, 0.2) is 52.1 Å². The quantitative estimate of drug-likeness (QED) is 0.496. The molecule has 0 spiro atoms. The third-order valence-corrected chi connectivity index (χ3v) is 3.65. The van der Waals surface area contributed by atoms with Crippen molar-refractivity contribution in [2.75, 3.05) is 5.32 Å². The molecule has 2 aromatic rings. The number of amides is 1. The van der Waals surface area contributed by atoms with E-state index < -0.39 is 0 Å². The van der Waals surface area contributed by atoms with E-state index in [1.807, 2.05) is 19.1 Å². The van der Waals surface area contributed by atoms with Crippen LogP contribution in [0.3, 0.4) is 0 Å². The second-order valence-corrected chi connectivity index (χ2v) is 5.59. The van der Waals surface area contributed by atoms with Gasteiger partial charge in [0.2, 0.25) is 0 Å². The summed E-state index contributed by atoms with van der Waals surface area (Å²) in [5.41, 5.74) is 3.55. The Morgan fingerprint density at radius 2 is 1.86 bits per heavy atom. The summed E-state index contributed by atoms with van der Waals surface area (Å²) < 4.78 is 0.864. The first-order chi connectivity index (χ1) is 10.0. The van der Waals surface area contributed by atoms with E-state index in [1.54, 1.807) is 37.3 Å². The second kappa shape index (κ2) is 6.54. The summed E-state index contributed by atoms with van der Waals surface area (Å²) in [6.45, 7) is 3.60. The number of hydrogen-bond donors (Lipinski definition) is 2. The molecule has 0 aliphatic carbocycles. The molecule has 4 nitrogen and oxygen atoms in total. The monoisotopic (exact) mass is 346 g/mol. The van der Waals surface area contributed by atoms with Crippen molar-refractivity contribution < 1.29 is 10.0 Å². The van der Waals surface area contributed by atoms with Crippen LogP contribution in [0.5, 0.6) is 0 Å². The molecule has 0 aromatic heterocycles. The van der Waals surface area contributed by atoms with Crippen molar-refractivity contribution in [1.29, 1.82) is 0 Å². The van der Waals surface area contributed by atoms with E-state index in [1.165, 1.54) is 0 Å². The minimum atomic E-state index is -0.158. The van der Waals surface area contributed by atoms with Gasteiger partial charge in [-0.05, 0) is 49.2 Å². The van der Waals surface area contributed by atoms with Crippen LogP contribution in [0.4, 0.5) is 5.69 Å². The SMILES string of the molecule is CC(=NO)c1ccc(NC(=O)c2cc(Br)ccc2C)cc1. The molecule has 0 saturated carbocycles. The molecule has 0 radical (unpaired) electrons. The summed E-state index contributed by atoms with van der Waals surface area (Å²) in [5.74, 6) is -0.158. The number of carbonyl (C=O) groups excluding carboxylic acids is 1. The van der Waals surface area contributed by atoms with Crippen LogP contribution in [-0.4, -0.2) is 16.8 Å². The van der Waals surface area contributed by atoms with Gasteiger partial charge in [-0.15, -0.1) is 0 Å². The molecule has 5 heteroatoms. The van der Waals surface area contributed by atoms with Crippen LogP contribution in [0, 0.1) is 6.92 Å². The molecule has 0 heterocycles. The number of aryl methyl sites for hydroxylation is 1. The van der Waals surface area contributed by atoms with Crippen molar-refractivity contribution in [3.8, 4) is 0 Å². The second-order valence-electron chi connectivity index (χ2n) is 4.68. The van der Waals surface area contributed by atoms with Crippen molar-refractivity contribution >= 4 is 33.2 Å². The van der Waals surface area contributed by atoms with Crippen LogP contribution >= 0.6 is 15.9 Å². The van der Waals surface area contributed by atoms with E-state index in [9.17, 15) is 4.79 Å². The fourth-order valence-electron chi connectivity index (χ4n) is 1.89. The van der Waals surface area contributed by atoms with Gasteiger partial charge in [-0.1, -0.05) is 39.3 Å². The summed E-state index contributed by atoms with van der Waals surface area (Å²) in [6.07, 6.45) is 0. The van der Waals surface area contributed by atoms with Crippen LogP contribution in [-0.2, 0) is 0 Å². The summed E-state index contributed by atoms with van der Waals surface area (Å²) in [7, 11) is 0. The van der Waals surface area contributed by atoms with Crippen molar-refractivity contribution in [3.05, 3.63) is 63.6 Å². The minimum Gasteiger partial charge on any atom is -0.411 e. The highest BCUT2D eigenvalue weighted by Gasteiger charge is 2.10. The lowest BCUT2D eigenvalue weighted by molar-refractivity contribution is 0.102. The third-order valence-electron chi connectivity index (χ3n) is 3.15. The summed E-state index contributed by atoms with van der Waals surface area (Å²) in [5, 5.41) is 14.7. The maximum absolute atomic E-state index is 12.3. The van der Waals surface area contributed by atoms with E-state index in [-0.39, 0.29) is 5.91 Å². The van der Waals surface area contributed by atoms with Gasteiger partial charge in [-0.25, -0.2) is 0 Å². The molecule has 0 unspecified atom stereocenters. The van der Waals surface area contributed by atoms with Crippen LogP contribution in [0.2, 0.25) is 0 Å². The van der Waals surface area contributed by atoms with E-state index in [0.717, 1.165) is 15.6 Å². The van der Waals surface area contributed by atoms with Crippen LogP contribution < -0.4 is 5.32 Å². The number of halogens is 1. The Morgan fingerprint density at radius 3 is 2.48 bits per heavy atom. The van der Waals surface area contributed by atoms with Gasteiger partial charge in [0.15, 0.2) is 0 Å². The van der Waals surface area contributed by atoms with Gasteiger partial charge in [-0.2, -0.15) is 0 Å². The predicted molar refractivity (Wildman–Crippen MR) is 87.3 cm³/mol. The highest BCUT2D eigenvalue weighted by atomic mass is 79.9. The average Bonchev–Trinajstić information content (AvgIpc) is 2.49. The Balaban J connectivity index is 2.18. The molecular formula is C16H15BrN2O2. The molecule has 2 aromatic carbocycles. The molecule has 108 valence electrons. The Bertz CT molecular complexity index is 694. The predicted octanol–water partition coefficient (Wildman–Crippen LogP) is 4.21. The van der Waals surface area contributed by atoms with Gasteiger partial charge in [-0.3, -0.25) is 4.79 Å². The fraction of sp³-hybridized carbons (Fsp3) is 0.125. The molecule has 21 heavy (non-hydrogen) atoms. The number of nitrogens with one attached hydrogen (secondary N) is 1. The zero-order chi connectivity index (χ0) is 15.4. The van der Waals surface area contributed by atoms with E-state index in [2.05, 4.69) is 26.4 Å². The van der Waals surface area contributed by atoms with Gasteiger partial charge in [0.1, 0.15) is 0 Å². The third kappa shape index (κ3) is 3.70. The average molecular weight is 347 g/mol. The number of rotatable bonds is 3. The molecule has 0 atom stereocenters. The Hall–Kier alpha value is -2.14. The van der Waals surface area contributed by atoms with Crippen molar-refractivity contribution in [2.24, 2.45) is 5.16 Å². The number of oxime groups is 1. The Labute approximate surface area is 131 Å².